The van der Waals surface area contributed by atoms with E-state index in [-0.39, 0.29) is 18.0 Å². The van der Waals surface area contributed by atoms with Gasteiger partial charge in [0, 0.05) is 6.04 Å². The predicted molar refractivity (Wildman–Crippen MR) is 67.3 cm³/mol. The number of urea groups is 1. The van der Waals surface area contributed by atoms with Crippen molar-refractivity contribution in [3.63, 3.8) is 0 Å². The van der Waals surface area contributed by atoms with E-state index in [9.17, 15) is 14.7 Å². The number of aliphatic carboxylic acids is 1. The third kappa shape index (κ3) is 2.94. The summed E-state index contributed by atoms with van der Waals surface area (Å²) in [5, 5.41) is 14.8. The van der Waals surface area contributed by atoms with E-state index in [0.717, 1.165) is 38.5 Å². The lowest BCUT2D eigenvalue weighted by molar-refractivity contribution is -0.144. The predicted octanol–water partition coefficient (Wildman–Crippen LogP) is 1.87. The molecule has 2 saturated carbocycles. The number of nitrogens with one attached hydrogen (secondary N) is 2. The van der Waals surface area contributed by atoms with E-state index in [2.05, 4.69) is 10.6 Å². The molecule has 102 valence electrons. The molecule has 3 N–H and O–H groups in total. The molecule has 0 spiro atoms. The summed E-state index contributed by atoms with van der Waals surface area (Å²) >= 11 is 0. The van der Waals surface area contributed by atoms with E-state index in [0.29, 0.717) is 0 Å². The largest absolute Gasteiger partial charge is 0.480 e. The second-order valence-corrected chi connectivity index (χ2v) is 5.72. The summed E-state index contributed by atoms with van der Waals surface area (Å²) < 4.78 is 0. The summed E-state index contributed by atoms with van der Waals surface area (Å²) in [5.41, 5.74) is -1.11. The number of rotatable bonds is 4. The summed E-state index contributed by atoms with van der Waals surface area (Å²) in [6.45, 7) is 1.60. The number of carbonyl (C=O) groups is 2. The van der Waals surface area contributed by atoms with Crippen molar-refractivity contribution in [2.45, 2.75) is 63.5 Å². The molecular formula is C13H22N2O3. The maximum absolute atomic E-state index is 11.9. The van der Waals surface area contributed by atoms with Gasteiger partial charge in [-0.15, -0.1) is 0 Å². The van der Waals surface area contributed by atoms with Gasteiger partial charge in [-0.05, 0) is 38.5 Å². The normalized spacial score (nSPS) is 24.1. The molecule has 2 amide bonds. The van der Waals surface area contributed by atoms with Crippen molar-refractivity contribution in [3.05, 3.63) is 0 Å². The molecule has 0 aromatic rings. The van der Waals surface area contributed by atoms with Gasteiger partial charge in [-0.1, -0.05) is 19.3 Å². The number of carboxylic acids is 1. The smallest absolute Gasteiger partial charge is 0.329 e. The Labute approximate surface area is 107 Å². The maximum Gasteiger partial charge on any atom is 0.329 e. The van der Waals surface area contributed by atoms with Gasteiger partial charge in [0.2, 0.25) is 0 Å². The van der Waals surface area contributed by atoms with Gasteiger partial charge in [-0.25, -0.2) is 9.59 Å². The fourth-order valence-corrected chi connectivity index (χ4v) is 2.70. The summed E-state index contributed by atoms with van der Waals surface area (Å²) in [4.78, 5) is 23.2. The van der Waals surface area contributed by atoms with Crippen molar-refractivity contribution < 1.29 is 14.7 Å². The molecule has 2 aliphatic rings. The standard InChI is InChI=1S/C13H22N2O3/c1-13(11(16)17,9-7-8-9)15-12(18)14-10-5-3-2-4-6-10/h9-10H,2-8H2,1H3,(H,16,17)(H2,14,15,18). The van der Waals surface area contributed by atoms with Gasteiger partial charge in [0.1, 0.15) is 5.54 Å². The summed E-state index contributed by atoms with van der Waals surface area (Å²) in [6.07, 6.45) is 7.28. The molecule has 5 nitrogen and oxygen atoms in total. The van der Waals surface area contributed by atoms with Crippen molar-refractivity contribution in [2.24, 2.45) is 5.92 Å². The quantitative estimate of drug-likeness (QED) is 0.716. The molecule has 0 saturated heterocycles. The fraction of sp³-hybridized carbons (Fsp3) is 0.846. The zero-order valence-corrected chi connectivity index (χ0v) is 10.9. The number of carboxylic acid groups (broad SMARTS) is 1. The van der Waals surface area contributed by atoms with Gasteiger partial charge in [-0.2, -0.15) is 0 Å². The van der Waals surface area contributed by atoms with E-state index in [1.807, 2.05) is 0 Å². The van der Waals surface area contributed by atoms with Crippen LogP contribution in [0.15, 0.2) is 0 Å². The Hall–Kier alpha value is -1.26. The molecular weight excluding hydrogens is 232 g/mol. The number of amides is 2. The Balaban J connectivity index is 1.86. The average Bonchev–Trinajstić information content (AvgIpc) is 3.13. The van der Waals surface area contributed by atoms with E-state index >= 15 is 0 Å². The minimum Gasteiger partial charge on any atom is -0.480 e. The van der Waals surface area contributed by atoms with Crippen molar-refractivity contribution in [1.29, 1.82) is 0 Å². The monoisotopic (exact) mass is 254 g/mol. The third-order valence-electron chi connectivity index (χ3n) is 4.15. The van der Waals surface area contributed by atoms with Crippen LogP contribution in [0.1, 0.15) is 51.9 Å². The highest BCUT2D eigenvalue weighted by atomic mass is 16.4. The van der Waals surface area contributed by atoms with Crippen LogP contribution in [-0.4, -0.2) is 28.7 Å². The first-order valence-corrected chi connectivity index (χ1v) is 6.84. The first kappa shape index (κ1) is 13.2. The van der Waals surface area contributed by atoms with E-state index in [4.69, 9.17) is 0 Å². The second-order valence-electron chi connectivity index (χ2n) is 5.72. The highest BCUT2D eigenvalue weighted by molar-refractivity contribution is 5.86. The highest BCUT2D eigenvalue weighted by Gasteiger charge is 2.48. The zero-order chi connectivity index (χ0) is 13.2. The Bertz CT molecular complexity index is 335. The first-order chi connectivity index (χ1) is 8.52. The van der Waals surface area contributed by atoms with Crippen LogP contribution in [0.25, 0.3) is 0 Å². The Morgan fingerprint density at radius 2 is 1.72 bits per heavy atom. The molecule has 0 aliphatic heterocycles. The van der Waals surface area contributed by atoms with Crippen LogP contribution in [0.2, 0.25) is 0 Å². The number of hydrogen-bond donors (Lipinski definition) is 3. The number of carbonyl (C=O) groups excluding carboxylic acids is 1. The van der Waals surface area contributed by atoms with Crippen molar-refractivity contribution in [1.82, 2.24) is 10.6 Å². The molecule has 2 aliphatic carbocycles. The van der Waals surface area contributed by atoms with Crippen molar-refractivity contribution in [3.8, 4) is 0 Å². The van der Waals surface area contributed by atoms with Crippen LogP contribution in [0.3, 0.4) is 0 Å². The Kier molecular flexibility index (Phi) is 3.78. The van der Waals surface area contributed by atoms with Crippen LogP contribution in [0, 0.1) is 5.92 Å². The van der Waals surface area contributed by atoms with Gasteiger partial charge >= 0.3 is 12.0 Å². The minimum atomic E-state index is -1.11. The fourth-order valence-electron chi connectivity index (χ4n) is 2.70. The van der Waals surface area contributed by atoms with Crippen LogP contribution in [-0.2, 0) is 4.79 Å². The molecule has 1 atom stereocenters. The molecule has 18 heavy (non-hydrogen) atoms. The van der Waals surface area contributed by atoms with Gasteiger partial charge in [0.25, 0.3) is 0 Å². The maximum atomic E-state index is 11.9. The van der Waals surface area contributed by atoms with Crippen LogP contribution < -0.4 is 10.6 Å². The average molecular weight is 254 g/mol. The van der Waals surface area contributed by atoms with Gasteiger partial charge in [0.15, 0.2) is 0 Å². The second kappa shape index (κ2) is 5.16. The van der Waals surface area contributed by atoms with Crippen LogP contribution in [0.4, 0.5) is 4.79 Å². The molecule has 0 radical (unpaired) electrons. The molecule has 0 aromatic heterocycles. The molecule has 1 unspecified atom stereocenters. The highest BCUT2D eigenvalue weighted by Crippen LogP contribution is 2.39. The van der Waals surface area contributed by atoms with Gasteiger partial charge < -0.3 is 15.7 Å². The lowest BCUT2D eigenvalue weighted by atomic mass is 9.95. The summed E-state index contributed by atoms with van der Waals surface area (Å²) in [7, 11) is 0. The first-order valence-electron chi connectivity index (χ1n) is 6.84. The van der Waals surface area contributed by atoms with Crippen molar-refractivity contribution in [2.75, 3.05) is 0 Å². The van der Waals surface area contributed by atoms with E-state index in [1.54, 1.807) is 6.92 Å². The van der Waals surface area contributed by atoms with Gasteiger partial charge in [0.05, 0.1) is 0 Å². The molecule has 0 heterocycles. The zero-order valence-electron chi connectivity index (χ0n) is 10.9. The Morgan fingerprint density at radius 3 is 2.22 bits per heavy atom. The van der Waals surface area contributed by atoms with Gasteiger partial charge in [-0.3, -0.25) is 0 Å². The summed E-state index contributed by atoms with van der Waals surface area (Å²) in [5.74, 6) is -0.865. The van der Waals surface area contributed by atoms with E-state index < -0.39 is 11.5 Å². The molecule has 2 rings (SSSR count). The lowest BCUT2D eigenvalue weighted by Crippen LogP contribution is -2.58. The Morgan fingerprint density at radius 1 is 1.11 bits per heavy atom. The van der Waals surface area contributed by atoms with Crippen LogP contribution in [0.5, 0.6) is 0 Å². The lowest BCUT2D eigenvalue weighted by Gasteiger charge is -2.29. The van der Waals surface area contributed by atoms with E-state index in [1.165, 1.54) is 6.42 Å². The summed E-state index contributed by atoms with van der Waals surface area (Å²) in [6, 6.07) is -0.130. The topological polar surface area (TPSA) is 78.4 Å². The van der Waals surface area contributed by atoms with Crippen LogP contribution >= 0.6 is 0 Å². The SMILES string of the molecule is CC(NC(=O)NC1CCCCC1)(C(=O)O)C1CC1. The minimum absolute atomic E-state index is 0.0760. The molecule has 0 bridgehead atoms. The van der Waals surface area contributed by atoms with Crippen molar-refractivity contribution >= 4 is 12.0 Å². The molecule has 5 heteroatoms. The third-order valence-corrected chi connectivity index (χ3v) is 4.15. The number of hydrogen-bond acceptors (Lipinski definition) is 2. The molecule has 0 aromatic carbocycles. The molecule has 2 fully saturated rings.